The number of hydrogen-bond donors (Lipinski definition) is 2. The molecule has 2 aromatic carbocycles. The molecule has 24 heavy (non-hydrogen) atoms. The first-order chi connectivity index (χ1) is 11.2. The molecular formula is C20H24N2O2. The number of carbonyl (C=O) groups excluding carboxylic acids is 2. The van der Waals surface area contributed by atoms with Crippen LogP contribution in [0.15, 0.2) is 48.5 Å². The number of rotatable bonds is 4. The van der Waals surface area contributed by atoms with Gasteiger partial charge in [0.2, 0.25) is 5.91 Å². The number of hydrogen-bond acceptors (Lipinski definition) is 2. The molecule has 126 valence electrons. The maximum Gasteiger partial charge on any atom is 0.253 e. The third-order valence-corrected chi connectivity index (χ3v) is 3.42. The topological polar surface area (TPSA) is 58.2 Å². The fourth-order valence-electron chi connectivity index (χ4n) is 2.28. The zero-order chi connectivity index (χ0) is 17.7. The van der Waals surface area contributed by atoms with Crippen molar-refractivity contribution in [3.05, 3.63) is 65.2 Å². The number of para-hydroxylation sites is 1. The predicted octanol–water partition coefficient (Wildman–Crippen LogP) is 3.70. The van der Waals surface area contributed by atoms with Crippen LogP contribution in [0.3, 0.4) is 0 Å². The summed E-state index contributed by atoms with van der Waals surface area (Å²) in [5.41, 5.74) is 2.75. The van der Waals surface area contributed by atoms with E-state index in [2.05, 4.69) is 10.6 Å². The van der Waals surface area contributed by atoms with Crippen molar-refractivity contribution in [1.82, 2.24) is 5.32 Å². The summed E-state index contributed by atoms with van der Waals surface area (Å²) in [6.07, 6.45) is 0.273. The molecule has 0 bridgehead atoms. The molecule has 0 aliphatic carbocycles. The second-order valence-electron chi connectivity index (χ2n) is 6.96. The highest BCUT2D eigenvalue weighted by molar-refractivity contribution is 6.04. The zero-order valence-electron chi connectivity index (χ0n) is 14.6. The Hall–Kier alpha value is -2.62. The minimum atomic E-state index is -0.337. The summed E-state index contributed by atoms with van der Waals surface area (Å²) >= 11 is 0. The van der Waals surface area contributed by atoms with Crippen molar-refractivity contribution in [1.29, 1.82) is 0 Å². The number of benzene rings is 2. The molecule has 0 aliphatic rings. The number of amides is 2. The van der Waals surface area contributed by atoms with Crippen molar-refractivity contribution in [2.75, 3.05) is 5.32 Å². The molecule has 0 atom stereocenters. The van der Waals surface area contributed by atoms with Crippen molar-refractivity contribution in [3.8, 4) is 0 Å². The summed E-state index contributed by atoms with van der Waals surface area (Å²) in [4.78, 5) is 24.7. The number of carbonyl (C=O) groups is 2. The van der Waals surface area contributed by atoms with Gasteiger partial charge >= 0.3 is 0 Å². The van der Waals surface area contributed by atoms with E-state index in [1.54, 1.807) is 24.3 Å². The Morgan fingerprint density at radius 2 is 1.58 bits per heavy atom. The summed E-state index contributed by atoms with van der Waals surface area (Å²) < 4.78 is 0. The van der Waals surface area contributed by atoms with Crippen molar-refractivity contribution >= 4 is 17.5 Å². The smallest absolute Gasteiger partial charge is 0.253 e. The van der Waals surface area contributed by atoms with Crippen molar-refractivity contribution in [3.63, 3.8) is 0 Å². The lowest BCUT2D eigenvalue weighted by molar-refractivity contribution is -0.115. The third-order valence-electron chi connectivity index (χ3n) is 3.42. The summed E-state index contributed by atoms with van der Waals surface area (Å²) in [5, 5.41) is 5.76. The van der Waals surface area contributed by atoms with Crippen LogP contribution in [0.2, 0.25) is 0 Å². The molecule has 2 rings (SSSR count). The van der Waals surface area contributed by atoms with Gasteiger partial charge < -0.3 is 10.6 Å². The van der Waals surface area contributed by atoms with Crippen LogP contribution in [0.25, 0.3) is 0 Å². The van der Waals surface area contributed by atoms with Crippen LogP contribution >= 0.6 is 0 Å². The minimum Gasteiger partial charge on any atom is -0.347 e. The highest BCUT2D eigenvalue weighted by atomic mass is 16.2. The molecule has 0 spiro atoms. The van der Waals surface area contributed by atoms with Gasteiger partial charge in [0.25, 0.3) is 5.91 Å². The summed E-state index contributed by atoms with van der Waals surface area (Å²) in [5.74, 6) is -0.344. The van der Waals surface area contributed by atoms with Gasteiger partial charge in [-0.2, -0.15) is 0 Å². The first-order valence-electron chi connectivity index (χ1n) is 8.01. The van der Waals surface area contributed by atoms with Crippen LogP contribution in [0.5, 0.6) is 0 Å². The molecule has 4 nitrogen and oxygen atoms in total. The Bertz CT molecular complexity index is 728. The maximum atomic E-state index is 12.4. The van der Waals surface area contributed by atoms with Gasteiger partial charge in [-0.25, -0.2) is 0 Å². The standard InChI is InChI=1S/C20H24N2O2/c1-14-9-11-15(12-10-14)13-18(23)21-17-8-6-5-7-16(17)19(24)22-20(2,3)4/h5-12H,13H2,1-4H3,(H,21,23)(H,22,24). The first kappa shape index (κ1) is 17.7. The Labute approximate surface area is 143 Å². The second kappa shape index (κ2) is 7.30. The van der Waals surface area contributed by atoms with E-state index in [4.69, 9.17) is 0 Å². The fraction of sp³-hybridized carbons (Fsp3) is 0.300. The Balaban J connectivity index is 2.10. The lowest BCUT2D eigenvalue weighted by atomic mass is 10.1. The van der Waals surface area contributed by atoms with Gasteiger partial charge in [0, 0.05) is 5.54 Å². The number of aryl methyl sites for hydroxylation is 1. The van der Waals surface area contributed by atoms with E-state index in [-0.39, 0.29) is 23.8 Å². The normalized spacial score (nSPS) is 11.0. The van der Waals surface area contributed by atoms with Gasteiger partial charge in [0.1, 0.15) is 0 Å². The van der Waals surface area contributed by atoms with Gasteiger partial charge in [-0.15, -0.1) is 0 Å². The van der Waals surface area contributed by atoms with Gasteiger partial charge in [0.05, 0.1) is 17.7 Å². The van der Waals surface area contributed by atoms with Crippen LogP contribution in [-0.4, -0.2) is 17.4 Å². The van der Waals surface area contributed by atoms with Gasteiger partial charge in [-0.05, 0) is 45.4 Å². The Kier molecular flexibility index (Phi) is 5.39. The highest BCUT2D eigenvalue weighted by Gasteiger charge is 2.18. The summed E-state index contributed by atoms with van der Waals surface area (Å²) in [7, 11) is 0. The second-order valence-corrected chi connectivity index (χ2v) is 6.96. The average molecular weight is 324 g/mol. The molecule has 0 unspecified atom stereocenters. The molecule has 0 aliphatic heterocycles. The zero-order valence-corrected chi connectivity index (χ0v) is 14.6. The molecule has 0 fully saturated rings. The van der Waals surface area contributed by atoms with Crippen LogP contribution in [-0.2, 0) is 11.2 Å². The molecule has 0 heterocycles. The largest absolute Gasteiger partial charge is 0.347 e. The Morgan fingerprint density at radius 1 is 0.958 bits per heavy atom. The Morgan fingerprint density at radius 3 is 2.21 bits per heavy atom. The van der Waals surface area contributed by atoms with Crippen LogP contribution in [0.4, 0.5) is 5.69 Å². The molecule has 0 aromatic heterocycles. The molecule has 0 radical (unpaired) electrons. The predicted molar refractivity (Wildman–Crippen MR) is 97.2 cm³/mol. The van der Waals surface area contributed by atoms with E-state index in [0.717, 1.165) is 11.1 Å². The molecule has 2 aromatic rings. The van der Waals surface area contributed by atoms with E-state index >= 15 is 0 Å². The number of nitrogens with one attached hydrogen (secondary N) is 2. The van der Waals surface area contributed by atoms with E-state index in [0.29, 0.717) is 11.3 Å². The molecular weight excluding hydrogens is 300 g/mol. The third kappa shape index (κ3) is 5.23. The van der Waals surface area contributed by atoms with Crippen LogP contribution in [0, 0.1) is 6.92 Å². The minimum absolute atomic E-state index is 0.144. The van der Waals surface area contributed by atoms with E-state index in [9.17, 15) is 9.59 Å². The molecule has 2 N–H and O–H groups in total. The average Bonchev–Trinajstić information content (AvgIpc) is 2.48. The van der Waals surface area contributed by atoms with Gasteiger partial charge in [-0.3, -0.25) is 9.59 Å². The number of anilines is 1. The van der Waals surface area contributed by atoms with Crippen LogP contribution < -0.4 is 10.6 Å². The SMILES string of the molecule is Cc1ccc(CC(=O)Nc2ccccc2C(=O)NC(C)(C)C)cc1. The van der Waals surface area contributed by atoms with Gasteiger partial charge in [0.15, 0.2) is 0 Å². The molecule has 0 saturated heterocycles. The summed E-state index contributed by atoms with van der Waals surface area (Å²) in [6, 6.07) is 14.9. The fourth-order valence-corrected chi connectivity index (χ4v) is 2.28. The monoisotopic (exact) mass is 324 g/mol. The lowest BCUT2D eigenvalue weighted by Gasteiger charge is -2.21. The van der Waals surface area contributed by atoms with E-state index < -0.39 is 0 Å². The summed E-state index contributed by atoms with van der Waals surface area (Å²) in [6.45, 7) is 7.77. The van der Waals surface area contributed by atoms with Gasteiger partial charge in [-0.1, -0.05) is 42.0 Å². The molecule has 0 saturated carbocycles. The van der Waals surface area contributed by atoms with E-state index in [1.165, 1.54) is 0 Å². The maximum absolute atomic E-state index is 12.4. The quantitative estimate of drug-likeness (QED) is 0.901. The van der Waals surface area contributed by atoms with Crippen LogP contribution in [0.1, 0.15) is 42.3 Å². The highest BCUT2D eigenvalue weighted by Crippen LogP contribution is 2.17. The van der Waals surface area contributed by atoms with Crippen molar-refractivity contribution < 1.29 is 9.59 Å². The lowest BCUT2D eigenvalue weighted by Crippen LogP contribution is -2.40. The molecule has 4 heteroatoms. The first-order valence-corrected chi connectivity index (χ1v) is 8.01. The van der Waals surface area contributed by atoms with Crippen molar-refractivity contribution in [2.45, 2.75) is 39.7 Å². The van der Waals surface area contributed by atoms with Crippen molar-refractivity contribution in [2.24, 2.45) is 0 Å². The van der Waals surface area contributed by atoms with E-state index in [1.807, 2.05) is 52.0 Å². The molecule has 2 amide bonds.